The van der Waals surface area contributed by atoms with Crippen LogP contribution in [0.2, 0.25) is 0 Å². The predicted molar refractivity (Wildman–Crippen MR) is 67.1 cm³/mol. The second-order valence-electron chi connectivity index (χ2n) is 5.52. The molecule has 1 N–H and O–H groups in total. The van der Waals surface area contributed by atoms with E-state index in [0.29, 0.717) is 10.7 Å². The summed E-state index contributed by atoms with van der Waals surface area (Å²) in [4.78, 5) is 12.3. The average molecular weight is 276 g/mol. The Morgan fingerprint density at radius 2 is 1.93 bits per heavy atom. The molecule has 2 atom stereocenters. The summed E-state index contributed by atoms with van der Waals surface area (Å²) in [6.07, 6.45) is 5.11. The smallest absolute Gasteiger partial charge is 0.225 e. The molecule has 88 valence electrons. The summed E-state index contributed by atoms with van der Waals surface area (Å²) in [7, 11) is 0. The molecule has 1 aliphatic carbocycles. The number of alkyl halides is 1. The molecule has 0 aromatic carbocycles. The quantitative estimate of drug-likeness (QED) is 0.771. The summed E-state index contributed by atoms with van der Waals surface area (Å²) in [5.74, 6) is 0.776. The first-order valence-corrected chi connectivity index (χ1v) is 6.75. The van der Waals surface area contributed by atoms with Crippen LogP contribution in [0.3, 0.4) is 0 Å². The molecule has 1 aliphatic rings. The highest BCUT2D eigenvalue weighted by molar-refractivity contribution is 9.09. The molecule has 2 nitrogen and oxygen atoms in total. The van der Waals surface area contributed by atoms with Gasteiger partial charge in [0.1, 0.15) is 0 Å². The number of carbonyl (C=O) groups excluding carboxylic acids is 1. The minimum absolute atomic E-state index is 0.160. The largest absolute Gasteiger partial charge is 0.355 e. The van der Waals surface area contributed by atoms with Gasteiger partial charge in [0.15, 0.2) is 0 Å². The monoisotopic (exact) mass is 275 g/mol. The van der Waals surface area contributed by atoms with Crippen molar-refractivity contribution in [3.8, 4) is 0 Å². The van der Waals surface area contributed by atoms with Gasteiger partial charge in [-0.1, -0.05) is 49.5 Å². The zero-order valence-corrected chi connectivity index (χ0v) is 11.6. The van der Waals surface area contributed by atoms with Crippen LogP contribution in [-0.4, -0.2) is 17.3 Å². The summed E-state index contributed by atoms with van der Waals surface area (Å²) < 4.78 is 0. The Morgan fingerprint density at radius 1 is 1.33 bits per heavy atom. The van der Waals surface area contributed by atoms with Gasteiger partial charge in [0, 0.05) is 16.8 Å². The molecule has 0 aliphatic heterocycles. The molecule has 0 spiro atoms. The van der Waals surface area contributed by atoms with E-state index in [-0.39, 0.29) is 11.3 Å². The molecule has 3 heteroatoms. The van der Waals surface area contributed by atoms with E-state index < -0.39 is 0 Å². The van der Waals surface area contributed by atoms with Gasteiger partial charge in [0.25, 0.3) is 0 Å². The van der Waals surface area contributed by atoms with Crippen LogP contribution < -0.4 is 5.32 Å². The number of halogens is 1. The van der Waals surface area contributed by atoms with Crippen molar-refractivity contribution in [3.63, 3.8) is 0 Å². The molecular weight excluding hydrogens is 254 g/mol. The second kappa shape index (κ2) is 5.33. The number of hydrogen-bond donors (Lipinski definition) is 1. The van der Waals surface area contributed by atoms with E-state index in [1.165, 1.54) is 25.7 Å². The van der Waals surface area contributed by atoms with Gasteiger partial charge >= 0.3 is 0 Å². The Hall–Kier alpha value is -0.0500. The molecule has 15 heavy (non-hydrogen) atoms. The van der Waals surface area contributed by atoms with E-state index in [1.807, 2.05) is 20.8 Å². The normalized spacial score (nSPS) is 27.5. The molecule has 0 bridgehead atoms. The molecule has 2 unspecified atom stereocenters. The zero-order chi connectivity index (χ0) is 11.5. The summed E-state index contributed by atoms with van der Waals surface area (Å²) in [6, 6.07) is 0. The highest BCUT2D eigenvalue weighted by Crippen LogP contribution is 2.29. The maximum absolute atomic E-state index is 11.7. The van der Waals surface area contributed by atoms with E-state index in [4.69, 9.17) is 0 Å². The molecule has 1 rings (SSSR count). The van der Waals surface area contributed by atoms with Gasteiger partial charge in [-0.05, 0) is 18.8 Å². The summed E-state index contributed by atoms with van der Waals surface area (Å²) in [5.41, 5.74) is -0.267. The Bertz CT molecular complexity index is 222. The van der Waals surface area contributed by atoms with Crippen LogP contribution in [0, 0.1) is 11.3 Å². The Balaban J connectivity index is 2.33. The van der Waals surface area contributed by atoms with Crippen LogP contribution in [0.5, 0.6) is 0 Å². The molecule has 0 aromatic heterocycles. The van der Waals surface area contributed by atoms with E-state index in [9.17, 15) is 4.79 Å². The number of carbonyl (C=O) groups is 1. The molecule has 0 saturated heterocycles. The topological polar surface area (TPSA) is 29.1 Å². The van der Waals surface area contributed by atoms with Crippen LogP contribution >= 0.6 is 15.9 Å². The van der Waals surface area contributed by atoms with Crippen LogP contribution in [0.4, 0.5) is 0 Å². The van der Waals surface area contributed by atoms with Gasteiger partial charge in [-0.3, -0.25) is 4.79 Å². The molecule has 1 amide bonds. The fraction of sp³-hybridized carbons (Fsp3) is 0.917. The number of nitrogens with one attached hydrogen (secondary N) is 1. The van der Waals surface area contributed by atoms with E-state index >= 15 is 0 Å². The van der Waals surface area contributed by atoms with Crippen molar-refractivity contribution in [2.75, 3.05) is 6.54 Å². The first-order chi connectivity index (χ1) is 6.91. The number of hydrogen-bond acceptors (Lipinski definition) is 1. The number of amides is 1. The minimum atomic E-state index is -0.267. The lowest BCUT2D eigenvalue weighted by Gasteiger charge is -2.28. The molecule has 1 saturated carbocycles. The summed E-state index contributed by atoms with van der Waals surface area (Å²) in [5, 5.41) is 3.05. The maximum atomic E-state index is 11.7. The standard InChI is InChI=1S/C12H22BrNO/c1-12(2,3)11(15)14-8-9-6-4-5-7-10(9)13/h9-10H,4-8H2,1-3H3,(H,14,15). The van der Waals surface area contributed by atoms with Gasteiger partial charge < -0.3 is 5.32 Å². The maximum Gasteiger partial charge on any atom is 0.225 e. The SMILES string of the molecule is CC(C)(C)C(=O)NCC1CCCCC1Br. The summed E-state index contributed by atoms with van der Waals surface area (Å²) in [6.45, 7) is 6.68. The van der Waals surface area contributed by atoms with Crippen molar-refractivity contribution in [1.82, 2.24) is 5.32 Å². The average Bonchev–Trinajstić information content (AvgIpc) is 2.14. The van der Waals surface area contributed by atoms with Crippen LogP contribution in [0.1, 0.15) is 46.5 Å². The van der Waals surface area contributed by atoms with Crippen molar-refractivity contribution in [3.05, 3.63) is 0 Å². The first-order valence-electron chi connectivity index (χ1n) is 5.83. The van der Waals surface area contributed by atoms with Gasteiger partial charge in [0.2, 0.25) is 5.91 Å². The van der Waals surface area contributed by atoms with Crippen molar-refractivity contribution >= 4 is 21.8 Å². The fourth-order valence-corrected chi connectivity index (χ4v) is 2.66. The lowest BCUT2D eigenvalue weighted by atomic mass is 9.88. The third-order valence-electron chi connectivity index (χ3n) is 3.02. The molecule has 0 heterocycles. The van der Waals surface area contributed by atoms with Crippen LogP contribution in [0.15, 0.2) is 0 Å². The second-order valence-corrected chi connectivity index (χ2v) is 6.70. The third-order valence-corrected chi connectivity index (χ3v) is 4.23. The number of rotatable bonds is 2. The molecule has 0 aromatic rings. The van der Waals surface area contributed by atoms with Crippen LogP contribution in [-0.2, 0) is 4.79 Å². The lowest BCUT2D eigenvalue weighted by Crippen LogP contribution is -2.40. The fourth-order valence-electron chi connectivity index (χ4n) is 1.88. The lowest BCUT2D eigenvalue weighted by molar-refractivity contribution is -0.128. The minimum Gasteiger partial charge on any atom is -0.355 e. The van der Waals surface area contributed by atoms with Crippen molar-refractivity contribution in [2.24, 2.45) is 11.3 Å². The Morgan fingerprint density at radius 3 is 2.47 bits per heavy atom. The van der Waals surface area contributed by atoms with Gasteiger partial charge in [-0.15, -0.1) is 0 Å². The summed E-state index contributed by atoms with van der Waals surface area (Å²) >= 11 is 3.70. The van der Waals surface area contributed by atoms with Gasteiger partial charge in [0.05, 0.1) is 0 Å². The predicted octanol–water partition coefficient (Wildman–Crippen LogP) is 3.10. The van der Waals surface area contributed by atoms with Crippen molar-refractivity contribution in [2.45, 2.75) is 51.3 Å². The highest BCUT2D eigenvalue weighted by atomic mass is 79.9. The third kappa shape index (κ3) is 4.13. The zero-order valence-electron chi connectivity index (χ0n) is 9.98. The van der Waals surface area contributed by atoms with E-state index in [2.05, 4.69) is 21.2 Å². The van der Waals surface area contributed by atoms with Gasteiger partial charge in [-0.2, -0.15) is 0 Å². The molecular formula is C12H22BrNO. The first kappa shape index (κ1) is 13.0. The van der Waals surface area contributed by atoms with E-state index in [0.717, 1.165) is 6.54 Å². The van der Waals surface area contributed by atoms with Crippen molar-refractivity contribution in [1.29, 1.82) is 0 Å². The highest BCUT2D eigenvalue weighted by Gasteiger charge is 2.26. The van der Waals surface area contributed by atoms with Gasteiger partial charge in [-0.25, -0.2) is 0 Å². The Kier molecular flexibility index (Phi) is 4.63. The molecule has 1 fully saturated rings. The molecule has 0 radical (unpaired) electrons. The Labute approximate surface area is 101 Å². The van der Waals surface area contributed by atoms with Crippen molar-refractivity contribution < 1.29 is 4.79 Å². The van der Waals surface area contributed by atoms with Crippen LogP contribution in [0.25, 0.3) is 0 Å². The van der Waals surface area contributed by atoms with E-state index in [1.54, 1.807) is 0 Å².